The Kier molecular flexibility index (Phi) is 10.3. The van der Waals surface area contributed by atoms with E-state index in [9.17, 15) is 18.0 Å². The Labute approximate surface area is 243 Å². The van der Waals surface area contributed by atoms with Gasteiger partial charge in [-0.2, -0.15) is 13.2 Å². The molecule has 7 nitrogen and oxygen atoms in total. The number of aliphatic hydroxyl groups excluding tert-OH is 1. The number of methoxy groups -OCH3 is 1. The fourth-order valence-corrected chi connectivity index (χ4v) is 5.46. The molecular weight excluding hydrogens is 549 g/mol. The highest BCUT2D eigenvalue weighted by Gasteiger charge is 2.56. The molecule has 10 heteroatoms. The Bertz CT molecular complexity index is 1320. The van der Waals surface area contributed by atoms with Crippen LogP contribution < -0.4 is 15.4 Å². The molecule has 1 fully saturated rings. The summed E-state index contributed by atoms with van der Waals surface area (Å²) in [5.74, 6) is -0.617. The smallest absolute Gasteiger partial charge is 0.421 e. The molecule has 2 heterocycles. The number of fused-ring (bicyclic) bond motifs is 1. The first kappa shape index (κ1) is 31.5. The minimum atomic E-state index is -4.49. The fourth-order valence-electron chi connectivity index (χ4n) is 5.46. The second-order valence-electron chi connectivity index (χ2n) is 10.6. The number of ether oxygens (including phenoxy) is 2. The third-order valence-corrected chi connectivity index (χ3v) is 7.84. The molecule has 0 unspecified atom stereocenters. The fraction of sp³-hybridized carbons (Fsp3) is 0.406. The molecule has 0 amide bonds. The van der Waals surface area contributed by atoms with Crippen molar-refractivity contribution in [1.29, 1.82) is 0 Å². The number of carboxylic acids is 1. The Morgan fingerprint density at radius 1 is 1.14 bits per heavy atom. The van der Waals surface area contributed by atoms with Crippen molar-refractivity contribution in [3.8, 4) is 5.75 Å². The van der Waals surface area contributed by atoms with Gasteiger partial charge in [0, 0.05) is 24.2 Å². The van der Waals surface area contributed by atoms with Crippen LogP contribution in [0, 0.1) is 0 Å². The summed E-state index contributed by atoms with van der Waals surface area (Å²) >= 11 is 0. The van der Waals surface area contributed by atoms with Crippen molar-refractivity contribution in [2.24, 2.45) is 0 Å². The van der Waals surface area contributed by atoms with E-state index in [2.05, 4.69) is 22.8 Å². The summed E-state index contributed by atoms with van der Waals surface area (Å²) in [6.07, 6.45) is -3.43. The summed E-state index contributed by atoms with van der Waals surface area (Å²) in [5, 5.41) is 24.5. The van der Waals surface area contributed by atoms with Crippen molar-refractivity contribution in [2.45, 2.75) is 62.7 Å². The number of alkyl halides is 3. The van der Waals surface area contributed by atoms with Crippen molar-refractivity contribution in [3.05, 3.63) is 101 Å². The first-order chi connectivity index (χ1) is 20.0. The van der Waals surface area contributed by atoms with Crippen molar-refractivity contribution in [1.82, 2.24) is 10.6 Å². The van der Waals surface area contributed by atoms with Crippen molar-refractivity contribution in [3.63, 3.8) is 0 Å². The van der Waals surface area contributed by atoms with Crippen LogP contribution in [0.15, 0.2) is 72.8 Å². The molecule has 5 rings (SSSR count). The number of aliphatic carboxylic acids is 1. The number of aliphatic hydroxyl groups is 1. The zero-order chi connectivity index (χ0) is 30.3. The predicted octanol–water partition coefficient (Wildman–Crippen LogP) is 5.43. The summed E-state index contributed by atoms with van der Waals surface area (Å²) in [6.45, 7) is 2.52. The van der Waals surface area contributed by atoms with Crippen molar-refractivity contribution >= 4 is 5.97 Å². The topological polar surface area (TPSA) is 100 Å². The maximum Gasteiger partial charge on any atom is 0.421 e. The third kappa shape index (κ3) is 7.12. The van der Waals surface area contributed by atoms with Gasteiger partial charge in [-0.3, -0.25) is 0 Å². The third-order valence-electron chi connectivity index (χ3n) is 7.84. The van der Waals surface area contributed by atoms with E-state index in [4.69, 9.17) is 19.7 Å². The van der Waals surface area contributed by atoms with Crippen LogP contribution in [0.2, 0.25) is 0 Å². The maximum absolute atomic E-state index is 13.9. The van der Waals surface area contributed by atoms with Gasteiger partial charge >= 0.3 is 12.1 Å². The van der Waals surface area contributed by atoms with Gasteiger partial charge in [-0.15, -0.1) is 0 Å². The van der Waals surface area contributed by atoms with E-state index < -0.39 is 23.9 Å². The number of carboxylic acid groups (broad SMARTS) is 1. The highest BCUT2D eigenvalue weighted by Crippen LogP contribution is 2.47. The molecule has 4 N–H and O–H groups in total. The number of hydrogen-bond acceptors (Lipinski definition) is 6. The van der Waals surface area contributed by atoms with Crippen LogP contribution >= 0.6 is 0 Å². The quantitative estimate of drug-likeness (QED) is 0.293. The molecule has 1 saturated heterocycles. The van der Waals surface area contributed by atoms with Crippen LogP contribution in [-0.4, -0.2) is 48.7 Å². The largest absolute Gasteiger partial charge is 0.496 e. The zero-order valence-electron chi connectivity index (χ0n) is 23.7. The molecule has 0 aromatic heterocycles. The van der Waals surface area contributed by atoms with E-state index in [0.717, 1.165) is 26.3 Å². The van der Waals surface area contributed by atoms with Gasteiger partial charge in [0.2, 0.25) is 0 Å². The van der Waals surface area contributed by atoms with E-state index in [1.807, 2.05) is 18.2 Å². The SMILES string of the molecule is COc1cc2c(cc1CN[C@H]1CCCN[C@H]1c1ccccc1)[C@](C)(C(F)(F)F)OCC2.O=C(O)[C@@H](O)c1ccccc1. The second-order valence-corrected chi connectivity index (χ2v) is 10.6. The number of halogens is 3. The normalized spacial score (nSPS) is 22.7. The molecule has 2 aliphatic rings. The molecule has 0 radical (unpaired) electrons. The van der Waals surface area contributed by atoms with Crippen LogP contribution in [0.5, 0.6) is 5.75 Å². The van der Waals surface area contributed by atoms with Gasteiger partial charge in [0.15, 0.2) is 11.7 Å². The van der Waals surface area contributed by atoms with Gasteiger partial charge in [-0.1, -0.05) is 60.7 Å². The average molecular weight is 587 g/mol. The molecular formula is C32H37F3N2O5. The Balaban J connectivity index is 0.000000310. The van der Waals surface area contributed by atoms with E-state index in [-0.39, 0.29) is 24.3 Å². The minimum Gasteiger partial charge on any atom is -0.496 e. The van der Waals surface area contributed by atoms with E-state index >= 15 is 0 Å². The number of rotatable bonds is 7. The minimum absolute atomic E-state index is 0.0380. The summed E-state index contributed by atoms with van der Waals surface area (Å²) in [4.78, 5) is 10.2. The summed E-state index contributed by atoms with van der Waals surface area (Å²) in [5.41, 5.74) is 0.828. The van der Waals surface area contributed by atoms with Crippen LogP contribution in [0.25, 0.3) is 0 Å². The second kappa shape index (κ2) is 13.7. The summed E-state index contributed by atoms with van der Waals surface area (Å²) < 4.78 is 52.4. The molecule has 226 valence electrons. The Hall–Kier alpha value is -3.44. The van der Waals surface area contributed by atoms with Gasteiger partial charge in [-0.05, 0) is 67.1 Å². The molecule has 0 saturated carbocycles. The number of carbonyl (C=O) groups is 1. The first-order valence-corrected chi connectivity index (χ1v) is 13.9. The van der Waals surface area contributed by atoms with Crippen molar-refractivity contribution in [2.75, 3.05) is 20.3 Å². The molecule has 0 spiro atoms. The number of benzene rings is 3. The number of hydrogen-bond donors (Lipinski definition) is 4. The van der Waals surface area contributed by atoms with E-state index in [1.165, 1.54) is 5.56 Å². The van der Waals surface area contributed by atoms with E-state index in [0.29, 0.717) is 35.4 Å². The molecule has 3 aromatic carbocycles. The summed E-state index contributed by atoms with van der Waals surface area (Å²) in [6, 6.07) is 22.2. The average Bonchev–Trinajstić information content (AvgIpc) is 3.00. The lowest BCUT2D eigenvalue weighted by Gasteiger charge is -2.38. The number of nitrogens with one attached hydrogen (secondary N) is 2. The lowest BCUT2D eigenvalue weighted by Crippen LogP contribution is -2.46. The highest BCUT2D eigenvalue weighted by atomic mass is 19.4. The first-order valence-electron chi connectivity index (χ1n) is 13.9. The Morgan fingerprint density at radius 3 is 2.43 bits per heavy atom. The van der Waals surface area contributed by atoms with Crippen LogP contribution in [-0.2, 0) is 28.1 Å². The van der Waals surface area contributed by atoms with Gasteiger partial charge in [-0.25, -0.2) is 4.79 Å². The zero-order valence-corrected chi connectivity index (χ0v) is 23.7. The lowest BCUT2D eigenvalue weighted by molar-refractivity contribution is -0.281. The van der Waals surface area contributed by atoms with Crippen molar-refractivity contribution < 1.29 is 37.7 Å². The lowest BCUT2D eigenvalue weighted by atomic mass is 9.85. The van der Waals surface area contributed by atoms with Gasteiger partial charge in [0.25, 0.3) is 0 Å². The van der Waals surface area contributed by atoms with Gasteiger partial charge < -0.3 is 30.3 Å². The molecule has 0 aliphatic carbocycles. The van der Waals surface area contributed by atoms with Crippen LogP contribution in [0.4, 0.5) is 13.2 Å². The van der Waals surface area contributed by atoms with Crippen LogP contribution in [0.3, 0.4) is 0 Å². The monoisotopic (exact) mass is 586 g/mol. The molecule has 3 aromatic rings. The van der Waals surface area contributed by atoms with E-state index in [1.54, 1.807) is 49.6 Å². The standard InChI is InChI=1S/C24H29F3N2O2.C8H8O3/c1-23(24(25,26)27)19-13-18(21(30-2)14-17(19)10-12-31-23)15-29-20-9-6-11-28-22(20)16-7-4-3-5-8-16;9-7(8(10)11)6-4-2-1-3-5-6/h3-5,7-8,13-14,20,22,28-29H,6,9-12,15H2,1-2H3;1-5,7,9H,(H,10,11)/t20-,22-,23+;7-/m00/s1. The molecule has 0 bridgehead atoms. The molecule has 4 atom stereocenters. The summed E-state index contributed by atoms with van der Waals surface area (Å²) in [7, 11) is 1.56. The highest BCUT2D eigenvalue weighted by molar-refractivity contribution is 5.73. The molecule has 42 heavy (non-hydrogen) atoms. The van der Waals surface area contributed by atoms with Gasteiger partial charge in [0.05, 0.1) is 13.7 Å². The number of piperidine rings is 1. The maximum atomic E-state index is 13.9. The Morgan fingerprint density at radius 2 is 1.81 bits per heavy atom. The van der Waals surface area contributed by atoms with Gasteiger partial charge in [0.1, 0.15) is 5.75 Å². The molecule has 2 aliphatic heterocycles. The predicted molar refractivity (Wildman–Crippen MR) is 152 cm³/mol. The van der Waals surface area contributed by atoms with Crippen LogP contribution in [0.1, 0.15) is 59.7 Å².